The normalized spacial score (nSPS) is 47.1. The van der Waals surface area contributed by atoms with Gasteiger partial charge in [0.15, 0.2) is 12.0 Å². The van der Waals surface area contributed by atoms with Crippen molar-refractivity contribution in [3.8, 4) is 0 Å². The maximum absolute atomic E-state index is 15.0. The lowest BCUT2D eigenvalue weighted by molar-refractivity contribution is -0.235. The number of hydrogen-bond acceptors (Lipinski definition) is 5. The van der Waals surface area contributed by atoms with E-state index in [0.717, 1.165) is 0 Å². The van der Waals surface area contributed by atoms with E-state index in [9.17, 15) is 22.0 Å². The Balaban J connectivity index is 1.81. The molecule has 2 aliphatic heterocycles. The van der Waals surface area contributed by atoms with Gasteiger partial charge in [-0.2, -0.15) is 13.2 Å². The van der Waals surface area contributed by atoms with Gasteiger partial charge >= 0.3 is 6.18 Å². The van der Waals surface area contributed by atoms with E-state index in [4.69, 9.17) is 18.9 Å². The van der Waals surface area contributed by atoms with Crippen LogP contribution in [0.1, 0.15) is 19.8 Å². The first kappa shape index (κ1) is 22.1. The molecule has 1 aliphatic carbocycles. The maximum atomic E-state index is 15.0. The molecule has 0 bridgehead atoms. The summed E-state index contributed by atoms with van der Waals surface area (Å²) in [5, 5.41) is 2.13. The Bertz CT molecular complexity index is 534. The lowest BCUT2D eigenvalue weighted by atomic mass is 9.82. The standard InChI is InChI=1S/C17H25F6NO4/c1-3-26-16(7-27-16)11-10(6-24-15(13(11)20)17(21,22)23)28-9-5-4-8(18)12(19)14(9)25-2/h8-15,24H,3-7H2,1-2H3. The molecule has 5 nitrogen and oxygen atoms in total. The number of halogens is 6. The molecular weight excluding hydrogens is 396 g/mol. The summed E-state index contributed by atoms with van der Waals surface area (Å²) in [5.74, 6) is -2.89. The topological polar surface area (TPSA) is 52.2 Å². The van der Waals surface area contributed by atoms with Crippen molar-refractivity contribution in [3.05, 3.63) is 0 Å². The third-order valence-corrected chi connectivity index (χ3v) is 5.65. The molecule has 9 unspecified atom stereocenters. The molecule has 0 amide bonds. The molecule has 3 aliphatic rings. The molecule has 3 rings (SSSR count). The minimum Gasteiger partial charge on any atom is -0.376 e. The quantitative estimate of drug-likeness (QED) is 0.528. The Morgan fingerprint density at radius 1 is 1.11 bits per heavy atom. The second-order valence-corrected chi connectivity index (χ2v) is 7.38. The van der Waals surface area contributed by atoms with Gasteiger partial charge in [-0.1, -0.05) is 0 Å². The first-order chi connectivity index (χ1) is 13.1. The number of rotatable bonds is 6. The third kappa shape index (κ3) is 4.14. The molecule has 2 saturated heterocycles. The predicted octanol–water partition coefficient (Wildman–Crippen LogP) is 2.48. The molecule has 1 saturated carbocycles. The molecule has 28 heavy (non-hydrogen) atoms. The zero-order valence-corrected chi connectivity index (χ0v) is 15.6. The van der Waals surface area contributed by atoms with Gasteiger partial charge in [-0.25, -0.2) is 13.2 Å². The van der Waals surface area contributed by atoms with Crippen LogP contribution >= 0.6 is 0 Å². The van der Waals surface area contributed by atoms with E-state index in [1.165, 1.54) is 7.11 Å². The van der Waals surface area contributed by atoms with Gasteiger partial charge in [0.1, 0.15) is 31.1 Å². The molecule has 0 aromatic heterocycles. The summed E-state index contributed by atoms with van der Waals surface area (Å²) < 4.78 is 104. The molecule has 164 valence electrons. The fourth-order valence-corrected chi connectivity index (χ4v) is 4.25. The summed E-state index contributed by atoms with van der Waals surface area (Å²) in [6.07, 6.45) is -14.1. The van der Waals surface area contributed by atoms with Crippen LogP contribution in [-0.2, 0) is 18.9 Å². The van der Waals surface area contributed by atoms with Crippen LogP contribution in [0.25, 0.3) is 0 Å². The van der Waals surface area contributed by atoms with E-state index >= 15 is 4.39 Å². The summed E-state index contributed by atoms with van der Waals surface area (Å²) in [7, 11) is 1.20. The lowest BCUT2D eigenvalue weighted by Gasteiger charge is -2.45. The van der Waals surface area contributed by atoms with Crippen LogP contribution in [-0.4, -0.2) is 81.7 Å². The van der Waals surface area contributed by atoms with Gasteiger partial charge in [0.25, 0.3) is 0 Å². The number of piperidine rings is 1. The molecule has 0 spiro atoms. The van der Waals surface area contributed by atoms with Gasteiger partial charge in [-0.15, -0.1) is 0 Å². The molecule has 3 fully saturated rings. The van der Waals surface area contributed by atoms with Crippen LogP contribution in [0.3, 0.4) is 0 Å². The zero-order valence-electron chi connectivity index (χ0n) is 15.6. The number of methoxy groups -OCH3 is 1. The van der Waals surface area contributed by atoms with E-state index in [1.54, 1.807) is 6.92 Å². The van der Waals surface area contributed by atoms with E-state index in [0.29, 0.717) is 0 Å². The summed E-state index contributed by atoms with van der Waals surface area (Å²) in [6, 6.07) is -2.40. The van der Waals surface area contributed by atoms with Crippen molar-refractivity contribution in [1.82, 2.24) is 5.32 Å². The van der Waals surface area contributed by atoms with Crippen molar-refractivity contribution in [3.63, 3.8) is 0 Å². The van der Waals surface area contributed by atoms with Crippen molar-refractivity contribution < 1.29 is 45.3 Å². The number of hydrogen-bond donors (Lipinski definition) is 1. The molecule has 9 atom stereocenters. The smallest absolute Gasteiger partial charge is 0.376 e. The first-order valence-corrected chi connectivity index (χ1v) is 9.33. The molecule has 1 N–H and O–H groups in total. The molecule has 0 radical (unpaired) electrons. The van der Waals surface area contributed by atoms with E-state index < -0.39 is 60.8 Å². The monoisotopic (exact) mass is 421 g/mol. The minimum atomic E-state index is -4.81. The Morgan fingerprint density at radius 2 is 1.79 bits per heavy atom. The number of ether oxygens (including phenoxy) is 4. The highest BCUT2D eigenvalue weighted by Crippen LogP contribution is 2.47. The SMILES string of the molecule is CCOC1(C2C(OC3CCC(F)C(F)C3OC)CNC(C(F)(F)F)C2F)CO1. The first-order valence-electron chi connectivity index (χ1n) is 9.33. The predicted molar refractivity (Wildman–Crippen MR) is 85.0 cm³/mol. The van der Waals surface area contributed by atoms with Crippen LogP contribution in [0, 0.1) is 5.92 Å². The van der Waals surface area contributed by atoms with Crippen LogP contribution in [0.15, 0.2) is 0 Å². The molecule has 2 heterocycles. The van der Waals surface area contributed by atoms with Gasteiger partial charge in [0, 0.05) is 20.3 Å². The largest absolute Gasteiger partial charge is 0.406 e. The zero-order chi connectivity index (χ0) is 20.7. The Labute approximate surface area is 159 Å². The second kappa shape index (κ2) is 8.25. The van der Waals surface area contributed by atoms with Crippen molar-refractivity contribution >= 4 is 0 Å². The average molecular weight is 421 g/mol. The summed E-state index contributed by atoms with van der Waals surface area (Å²) in [6.45, 7) is 1.33. The minimum absolute atomic E-state index is 0.0625. The molecule has 0 aromatic carbocycles. The van der Waals surface area contributed by atoms with E-state index in [-0.39, 0.29) is 32.6 Å². The Hall–Kier alpha value is -0.620. The van der Waals surface area contributed by atoms with Crippen LogP contribution < -0.4 is 5.32 Å². The average Bonchev–Trinajstić information content (AvgIpc) is 3.38. The lowest BCUT2D eigenvalue weighted by Crippen LogP contribution is -2.65. The van der Waals surface area contributed by atoms with Crippen molar-refractivity contribution in [2.45, 2.75) is 74.6 Å². The van der Waals surface area contributed by atoms with E-state index in [1.807, 2.05) is 0 Å². The van der Waals surface area contributed by atoms with E-state index in [2.05, 4.69) is 5.32 Å². The van der Waals surface area contributed by atoms with Gasteiger partial charge in [0.05, 0.1) is 18.1 Å². The fraction of sp³-hybridized carbons (Fsp3) is 1.00. The van der Waals surface area contributed by atoms with Gasteiger partial charge in [-0.3, -0.25) is 0 Å². The highest BCUT2D eigenvalue weighted by atomic mass is 19.4. The Morgan fingerprint density at radius 3 is 2.32 bits per heavy atom. The van der Waals surface area contributed by atoms with Crippen molar-refractivity contribution in [2.75, 3.05) is 26.9 Å². The van der Waals surface area contributed by atoms with Gasteiger partial charge < -0.3 is 24.3 Å². The highest BCUT2D eigenvalue weighted by molar-refractivity contribution is 5.07. The Kier molecular flexibility index (Phi) is 6.51. The fourth-order valence-electron chi connectivity index (χ4n) is 4.25. The molecule has 11 heteroatoms. The second-order valence-electron chi connectivity index (χ2n) is 7.38. The number of epoxide rings is 1. The molecular formula is C17H25F6NO4. The van der Waals surface area contributed by atoms with Crippen molar-refractivity contribution in [1.29, 1.82) is 0 Å². The van der Waals surface area contributed by atoms with Crippen LogP contribution in [0.2, 0.25) is 0 Å². The van der Waals surface area contributed by atoms with Gasteiger partial charge in [-0.05, 0) is 19.8 Å². The summed E-state index contributed by atoms with van der Waals surface area (Å²) >= 11 is 0. The maximum Gasteiger partial charge on any atom is 0.406 e. The summed E-state index contributed by atoms with van der Waals surface area (Å²) in [5.41, 5.74) is 0. The number of nitrogens with one attached hydrogen (secondary N) is 1. The van der Waals surface area contributed by atoms with Crippen LogP contribution in [0.5, 0.6) is 0 Å². The molecule has 0 aromatic rings. The number of alkyl halides is 6. The van der Waals surface area contributed by atoms with Crippen LogP contribution in [0.4, 0.5) is 26.3 Å². The van der Waals surface area contributed by atoms with Crippen molar-refractivity contribution in [2.24, 2.45) is 5.92 Å². The highest BCUT2D eigenvalue weighted by Gasteiger charge is 2.65. The third-order valence-electron chi connectivity index (χ3n) is 5.65. The summed E-state index contributed by atoms with van der Waals surface area (Å²) in [4.78, 5) is 0. The van der Waals surface area contributed by atoms with Gasteiger partial charge in [0.2, 0.25) is 0 Å².